The molecule has 7 nitrogen and oxygen atoms in total. The first kappa shape index (κ1) is 16.1. The van der Waals surface area contributed by atoms with Crippen molar-refractivity contribution in [1.82, 2.24) is 20.4 Å². The van der Waals surface area contributed by atoms with E-state index in [1.165, 1.54) is 11.3 Å². The standard InChI is InChI=1S/C15H20N4O3S/c1-8(2)6-15(14(20)21)7-10(12-17-9(3)22-19-12)11(18-15)13-16-4-5-23-13/h4-5,8,10-11,18H,6-7H2,1-3H3,(H,20,21)/t10-,11+,15-/m0/s1. The molecule has 8 heteroatoms. The van der Waals surface area contributed by atoms with Crippen LogP contribution in [0.15, 0.2) is 16.1 Å². The van der Waals surface area contributed by atoms with Crippen LogP contribution in [-0.4, -0.2) is 31.7 Å². The van der Waals surface area contributed by atoms with E-state index in [2.05, 4.69) is 20.4 Å². The maximum atomic E-state index is 12.0. The van der Waals surface area contributed by atoms with E-state index >= 15 is 0 Å². The maximum absolute atomic E-state index is 12.0. The molecule has 1 fully saturated rings. The quantitative estimate of drug-likeness (QED) is 0.865. The first-order chi connectivity index (χ1) is 10.9. The predicted molar refractivity (Wildman–Crippen MR) is 84.2 cm³/mol. The number of hydrogen-bond donors (Lipinski definition) is 2. The molecule has 1 aliphatic rings. The maximum Gasteiger partial charge on any atom is 0.323 e. The Bertz CT molecular complexity index is 685. The molecule has 1 aliphatic heterocycles. The van der Waals surface area contributed by atoms with Gasteiger partial charge in [-0.15, -0.1) is 11.3 Å². The predicted octanol–water partition coefficient (Wildman–Crippen LogP) is 2.52. The molecule has 2 N–H and O–H groups in total. The third kappa shape index (κ3) is 3.00. The first-order valence-corrected chi connectivity index (χ1v) is 8.50. The van der Waals surface area contributed by atoms with Crippen LogP contribution in [0.25, 0.3) is 0 Å². The summed E-state index contributed by atoms with van der Waals surface area (Å²) in [5.74, 6) is 0.266. The van der Waals surface area contributed by atoms with Crippen molar-refractivity contribution >= 4 is 17.3 Å². The van der Waals surface area contributed by atoms with Crippen molar-refractivity contribution in [2.24, 2.45) is 5.92 Å². The van der Waals surface area contributed by atoms with Crippen molar-refractivity contribution in [2.75, 3.05) is 0 Å². The summed E-state index contributed by atoms with van der Waals surface area (Å²) in [7, 11) is 0. The Morgan fingerprint density at radius 3 is 2.91 bits per heavy atom. The van der Waals surface area contributed by atoms with Crippen LogP contribution in [0.4, 0.5) is 0 Å². The van der Waals surface area contributed by atoms with E-state index in [-0.39, 0.29) is 17.9 Å². The molecule has 3 rings (SSSR count). The average Bonchev–Trinajstić information content (AvgIpc) is 3.16. The monoisotopic (exact) mass is 336 g/mol. The van der Waals surface area contributed by atoms with Crippen LogP contribution in [0.1, 0.15) is 55.4 Å². The highest BCUT2D eigenvalue weighted by Gasteiger charge is 2.53. The topological polar surface area (TPSA) is 101 Å². The van der Waals surface area contributed by atoms with Gasteiger partial charge in [0.1, 0.15) is 10.5 Å². The van der Waals surface area contributed by atoms with E-state index in [1.54, 1.807) is 13.1 Å². The van der Waals surface area contributed by atoms with E-state index in [0.717, 1.165) is 5.01 Å². The van der Waals surface area contributed by atoms with Gasteiger partial charge in [-0.3, -0.25) is 10.1 Å². The molecule has 0 amide bonds. The summed E-state index contributed by atoms with van der Waals surface area (Å²) in [5.41, 5.74) is -0.996. The summed E-state index contributed by atoms with van der Waals surface area (Å²) in [6.45, 7) is 5.78. The number of nitrogens with zero attached hydrogens (tertiary/aromatic N) is 3. The SMILES string of the molecule is Cc1nc([C@H]2C[C@@](CC(C)C)(C(=O)O)N[C@H]2c2nccs2)no1. The number of hydrogen-bond acceptors (Lipinski definition) is 7. The van der Waals surface area contributed by atoms with Gasteiger partial charge in [0.25, 0.3) is 0 Å². The Morgan fingerprint density at radius 2 is 2.39 bits per heavy atom. The minimum absolute atomic E-state index is 0.173. The highest BCUT2D eigenvalue weighted by atomic mass is 32.1. The molecule has 124 valence electrons. The van der Waals surface area contributed by atoms with Crippen LogP contribution >= 0.6 is 11.3 Å². The van der Waals surface area contributed by atoms with Gasteiger partial charge in [-0.25, -0.2) is 4.98 Å². The van der Waals surface area contributed by atoms with Crippen molar-refractivity contribution in [1.29, 1.82) is 0 Å². The van der Waals surface area contributed by atoms with Gasteiger partial charge in [-0.1, -0.05) is 19.0 Å². The normalized spacial score (nSPS) is 27.7. The van der Waals surface area contributed by atoms with Crippen molar-refractivity contribution in [3.8, 4) is 0 Å². The zero-order valence-corrected chi connectivity index (χ0v) is 14.1. The highest BCUT2D eigenvalue weighted by molar-refractivity contribution is 7.09. The van der Waals surface area contributed by atoms with Gasteiger partial charge in [-0.05, 0) is 18.8 Å². The van der Waals surface area contributed by atoms with Crippen molar-refractivity contribution in [3.05, 3.63) is 28.3 Å². The van der Waals surface area contributed by atoms with E-state index in [4.69, 9.17) is 4.52 Å². The molecule has 3 atom stereocenters. The van der Waals surface area contributed by atoms with Gasteiger partial charge in [-0.2, -0.15) is 4.98 Å². The average molecular weight is 336 g/mol. The Hall–Kier alpha value is -1.80. The molecular formula is C15H20N4O3S. The van der Waals surface area contributed by atoms with Crippen LogP contribution in [-0.2, 0) is 4.79 Å². The van der Waals surface area contributed by atoms with Crippen LogP contribution < -0.4 is 5.32 Å². The molecular weight excluding hydrogens is 316 g/mol. The Morgan fingerprint density at radius 1 is 1.61 bits per heavy atom. The highest BCUT2D eigenvalue weighted by Crippen LogP contribution is 2.46. The molecule has 1 saturated heterocycles. The molecule has 0 spiro atoms. The number of carbonyl (C=O) groups is 1. The molecule has 0 saturated carbocycles. The second-order valence-corrected chi connectivity index (χ2v) is 7.39. The molecule has 2 aromatic heterocycles. The fraction of sp³-hybridized carbons (Fsp3) is 0.600. The fourth-order valence-electron chi connectivity index (χ4n) is 3.35. The zero-order chi connectivity index (χ0) is 16.6. The van der Waals surface area contributed by atoms with Crippen molar-refractivity contribution in [2.45, 2.75) is 51.1 Å². The summed E-state index contributed by atoms with van der Waals surface area (Å²) in [6.07, 6.45) is 2.69. The summed E-state index contributed by atoms with van der Waals surface area (Å²) in [5, 5.41) is 19.9. The molecule has 0 unspecified atom stereocenters. The summed E-state index contributed by atoms with van der Waals surface area (Å²) in [4.78, 5) is 20.7. The lowest BCUT2D eigenvalue weighted by molar-refractivity contribution is -0.145. The molecule has 2 aromatic rings. The third-order valence-electron chi connectivity index (χ3n) is 4.16. The van der Waals surface area contributed by atoms with E-state index in [1.807, 2.05) is 19.2 Å². The second kappa shape index (κ2) is 6.01. The third-order valence-corrected chi connectivity index (χ3v) is 5.02. The molecule has 0 aromatic carbocycles. The van der Waals surface area contributed by atoms with Crippen LogP contribution in [0.3, 0.4) is 0 Å². The molecule has 0 bridgehead atoms. The molecule has 0 radical (unpaired) electrons. The lowest BCUT2D eigenvalue weighted by Gasteiger charge is -2.27. The molecule has 3 heterocycles. The van der Waals surface area contributed by atoms with Gasteiger partial charge in [0.2, 0.25) is 5.89 Å². The van der Waals surface area contributed by atoms with Crippen LogP contribution in [0, 0.1) is 12.8 Å². The number of aromatic nitrogens is 3. The number of aliphatic carboxylic acids is 1. The number of carboxylic acid groups (broad SMARTS) is 1. The lowest BCUT2D eigenvalue weighted by Crippen LogP contribution is -2.49. The van der Waals surface area contributed by atoms with Crippen molar-refractivity contribution < 1.29 is 14.4 Å². The Kier molecular flexibility index (Phi) is 4.20. The van der Waals surface area contributed by atoms with Gasteiger partial charge in [0, 0.05) is 24.4 Å². The zero-order valence-electron chi connectivity index (χ0n) is 13.3. The fourth-order valence-corrected chi connectivity index (χ4v) is 4.11. The number of rotatable bonds is 5. The van der Waals surface area contributed by atoms with E-state index in [9.17, 15) is 9.90 Å². The number of thiazole rings is 1. The largest absolute Gasteiger partial charge is 0.480 e. The number of carboxylic acids is 1. The summed E-state index contributed by atoms with van der Waals surface area (Å²) < 4.78 is 5.10. The first-order valence-electron chi connectivity index (χ1n) is 7.62. The molecule has 23 heavy (non-hydrogen) atoms. The van der Waals surface area contributed by atoms with E-state index < -0.39 is 11.5 Å². The van der Waals surface area contributed by atoms with Crippen molar-refractivity contribution in [3.63, 3.8) is 0 Å². The van der Waals surface area contributed by atoms with Gasteiger partial charge >= 0.3 is 5.97 Å². The molecule has 0 aliphatic carbocycles. The second-order valence-electron chi connectivity index (χ2n) is 6.46. The van der Waals surface area contributed by atoms with Gasteiger partial charge < -0.3 is 9.63 Å². The Labute approximate surface area is 138 Å². The summed E-state index contributed by atoms with van der Waals surface area (Å²) in [6, 6.07) is -0.221. The lowest BCUT2D eigenvalue weighted by atomic mass is 9.84. The Balaban J connectivity index is 2.00. The summed E-state index contributed by atoms with van der Waals surface area (Å²) >= 11 is 1.50. The minimum Gasteiger partial charge on any atom is -0.480 e. The minimum atomic E-state index is -0.996. The number of aryl methyl sites for hydroxylation is 1. The van der Waals surface area contributed by atoms with Gasteiger partial charge in [0.05, 0.1) is 6.04 Å². The van der Waals surface area contributed by atoms with Gasteiger partial charge in [0.15, 0.2) is 5.82 Å². The number of nitrogens with one attached hydrogen (secondary N) is 1. The van der Waals surface area contributed by atoms with Crippen LogP contribution in [0.5, 0.6) is 0 Å². The van der Waals surface area contributed by atoms with E-state index in [0.29, 0.717) is 24.6 Å². The smallest absolute Gasteiger partial charge is 0.323 e. The van der Waals surface area contributed by atoms with Crippen LogP contribution in [0.2, 0.25) is 0 Å².